The van der Waals surface area contributed by atoms with Gasteiger partial charge in [0.1, 0.15) is 0 Å². The Bertz CT molecular complexity index is 2410. The van der Waals surface area contributed by atoms with Crippen LogP contribution in [0.1, 0.15) is 0 Å². The quantitative estimate of drug-likeness (QED) is 0.183. The first-order chi connectivity index (χ1) is 23.8. The summed E-state index contributed by atoms with van der Waals surface area (Å²) in [4.78, 5) is 10.6. The Kier molecular flexibility index (Phi) is 6.99. The number of rotatable bonds is 6. The smallest absolute Gasteiger partial charge is 0.0708 e. The van der Waals surface area contributed by atoms with Gasteiger partial charge >= 0.3 is 0 Å². The molecular weight excluding hydrogens is 603 g/mol. The van der Waals surface area contributed by atoms with Crippen molar-refractivity contribution in [2.75, 3.05) is 0 Å². The zero-order chi connectivity index (χ0) is 31.9. The van der Waals surface area contributed by atoms with Gasteiger partial charge in [0, 0.05) is 44.6 Å². The van der Waals surface area contributed by atoms with E-state index in [1.54, 1.807) is 11.3 Å². The number of thiophene rings is 1. The Morgan fingerprint density at radius 3 is 1.44 bits per heavy atom. The molecule has 0 amide bonds. The fourth-order valence-electron chi connectivity index (χ4n) is 6.79. The van der Waals surface area contributed by atoms with Crippen LogP contribution in [0.15, 0.2) is 175 Å². The highest BCUT2D eigenvalue weighted by molar-refractivity contribution is 7.13. The number of aromatic nitrogens is 3. The van der Waals surface area contributed by atoms with Gasteiger partial charge in [-0.3, -0.25) is 9.97 Å². The highest BCUT2D eigenvalue weighted by atomic mass is 32.1. The van der Waals surface area contributed by atoms with E-state index in [4.69, 9.17) is 0 Å². The fourth-order valence-corrected chi connectivity index (χ4v) is 7.68. The van der Waals surface area contributed by atoms with Crippen molar-refractivity contribution in [3.05, 3.63) is 175 Å². The molecule has 9 rings (SSSR count). The van der Waals surface area contributed by atoms with Crippen LogP contribution in [0.2, 0.25) is 0 Å². The number of nitrogens with zero attached hydrogens (tertiary/aromatic N) is 3. The lowest BCUT2D eigenvalue weighted by Gasteiger charge is -2.10. The molecule has 0 radical (unpaired) electrons. The van der Waals surface area contributed by atoms with Crippen LogP contribution in [-0.4, -0.2) is 14.5 Å². The lowest BCUT2D eigenvalue weighted by Crippen LogP contribution is -1.92. The lowest BCUT2D eigenvalue weighted by atomic mass is 9.94. The van der Waals surface area contributed by atoms with Crippen LogP contribution >= 0.6 is 11.3 Å². The molecule has 0 aliphatic heterocycles. The summed E-state index contributed by atoms with van der Waals surface area (Å²) in [5.74, 6) is 0. The minimum atomic E-state index is 0.968. The topological polar surface area (TPSA) is 30.7 Å². The summed E-state index contributed by atoms with van der Waals surface area (Å²) in [5, 5.41) is 4.70. The number of pyridine rings is 2. The maximum absolute atomic E-state index is 4.69. The van der Waals surface area contributed by atoms with Crippen molar-refractivity contribution in [2.24, 2.45) is 0 Å². The largest absolute Gasteiger partial charge is 0.308 e. The molecule has 9 aromatic rings. The Labute approximate surface area is 283 Å². The predicted molar refractivity (Wildman–Crippen MR) is 201 cm³/mol. The third-order valence-corrected chi connectivity index (χ3v) is 9.99. The van der Waals surface area contributed by atoms with Crippen molar-refractivity contribution in [3.63, 3.8) is 0 Å². The summed E-state index contributed by atoms with van der Waals surface area (Å²) in [6.45, 7) is 0. The molecule has 0 N–H and O–H groups in total. The molecule has 0 saturated heterocycles. The molecule has 0 bridgehead atoms. The number of benzene rings is 5. The maximum atomic E-state index is 4.69. The van der Waals surface area contributed by atoms with Crippen LogP contribution in [-0.2, 0) is 0 Å². The Hall–Kier alpha value is -6.10. The molecule has 4 aromatic heterocycles. The molecule has 4 heterocycles. The Morgan fingerprint density at radius 1 is 0.417 bits per heavy atom. The van der Waals surface area contributed by atoms with Gasteiger partial charge in [-0.25, -0.2) is 0 Å². The first-order valence-corrected chi connectivity index (χ1v) is 16.9. The van der Waals surface area contributed by atoms with Crippen LogP contribution in [0.4, 0.5) is 0 Å². The van der Waals surface area contributed by atoms with E-state index in [0.29, 0.717) is 0 Å². The molecule has 226 valence electrons. The second kappa shape index (κ2) is 11.9. The molecular formula is C44H29N3S. The van der Waals surface area contributed by atoms with Gasteiger partial charge in [-0.15, -0.1) is 11.3 Å². The van der Waals surface area contributed by atoms with Gasteiger partial charge in [-0.1, -0.05) is 103 Å². The summed E-state index contributed by atoms with van der Waals surface area (Å²) < 4.78 is 2.41. The van der Waals surface area contributed by atoms with Gasteiger partial charge in [0.2, 0.25) is 0 Å². The minimum absolute atomic E-state index is 0.968. The molecule has 48 heavy (non-hydrogen) atoms. The predicted octanol–water partition coefficient (Wildman–Crippen LogP) is 12.0. The standard InChI is InChI=1S/C44H29N3S/c1-2-12-30(13-3-1)44-28-33(29-48-44)47-42-22-20-31(34-14-4-6-16-36(34)40-18-8-10-24-45-40)26-38(42)39-27-32(21-23-43(39)47)35-15-5-7-17-37(35)41-19-9-11-25-46-41/h1-29H. The van der Waals surface area contributed by atoms with E-state index in [1.807, 2.05) is 36.7 Å². The van der Waals surface area contributed by atoms with Crippen LogP contribution < -0.4 is 0 Å². The highest BCUT2D eigenvalue weighted by Crippen LogP contribution is 2.41. The monoisotopic (exact) mass is 631 g/mol. The van der Waals surface area contributed by atoms with Crippen molar-refractivity contribution in [3.8, 4) is 60.9 Å². The molecule has 4 heteroatoms. The molecule has 0 saturated carbocycles. The van der Waals surface area contributed by atoms with Gasteiger partial charge in [-0.2, -0.15) is 0 Å². The van der Waals surface area contributed by atoms with E-state index in [-0.39, 0.29) is 0 Å². The molecule has 0 aliphatic carbocycles. The Morgan fingerprint density at radius 2 is 0.917 bits per heavy atom. The molecule has 5 aromatic carbocycles. The van der Waals surface area contributed by atoms with Gasteiger partial charge in [0.25, 0.3) is 0 Å². The third kappa shape index (κ3) is 4.91. The summed E-state index contributed by atoms with van der Waals surface area (Å²) >= 11 is 1.78. The highest BCUT2D eigenvalue weighted by Gasteiger charge is 2.18. The average molecular weight is 632 g/mol. The normalized spacial score (nSPS) is 11.3. The van der Waals surface area contributed by atoms with Crippen LogP contribution in [0, 0.1) is 0 Å². The van der Waals surface area contributed by atoms with E-state index in [9.17, 15) is 0 Å². The summed E-state index contributed by atoms with van der Waals surface area (Å²) in [5.41, 5.74) is 13.6. The minimum Gasteiger partial charge on any atom is -0.308 e. The number of hydrogen-bond acceptors (Lipinski definition) is 3. The van der Waals surface area contributed by atoms with Gasteiger partial charge < -0.3 is 4.57 Å². The molecule has 0 atom stereocenters. The van der Waals surface area contributed by atoms with E-state index in [1.165, 1.54) is 37.9 Å². The molecule has 0 unspecified atom stereocenters. The van der Waals surface area contributed by atoms with Gasteiger partial charge in [0.05, 0.1) is 28.1 Å². The fraction of sp³-hybridized carbons (Fsp3) is 0. The number of hydrogen-bond donors (Lipinski definition) is 0. The van der Waals surface area contributed by atoms with Crippen molar-refractivity contribution < 1.29 is 0 Å². The lowest BCUT2D eigenvalue weighted by molar-refractivity contribution is 1.19. The van der Waals surface area contributed by atoms with Crippen molar-refractivity contribution in [1.29, 1.82) is 0 Å². The number of fused-ring (bicyclic) bond motifs is 3. The zero-order valence-electron chi connectivity index (χ0n) is 26.0. The first kappa shape index (κ1) is 28.1. The summed E-state index contributed by atoms with van der Waals surface area (Å²) in [6, 6.07) is 56.0. The van der Waals surface area contributed by atoms with Crippen molar-refractivity contribution >= 4 is 33.1 Å². The van der Waals surface area contributed by atoms with Gasteiger partial charge in [0.15, 0.2) is 0 Å². The van der Waals surface area contributed by atoms with E-state index in [2.05, 4.69) is 153 Å². The van der Waals surface area contributed by atoms with Crippen LogP contribution in [0.25, 0.3) is 82.7 Å². The second-order valence-electron chi connectivity index (χ2n) is 11.9. The van der Waals surface area contributed by atoms with Crippen molar-refractivity contribution in [1.82, 2.24) is 14.5 Å². The third-order valence-electron chi connectivity index (χ3n) is 9.03. The van der Waals surface area contributed by atoms with Crippen molar-refractivity contribution in [2.45, 2.75) is 0 Å². The molecule has 0 fully saturated rings. The maximum Gasteiger partial charge on any atom is 0.0708 e. The molecule has 0 aliphatic rings. The SMILES string of the molecule is c1ccc(-c2cc(-n3c4ccc(-c5ccccc5-c5ccccn5)cc4c4cc(-c5ccccc5-c5ccccn5)ccc43)cs2)cc1. The summed E-state index contributed by atoms with van der Waals surface area (Å²) in [6.07, 6.45) is 3.72. The van der Waals surface area contributed by atoms with E-state index in [0.717, 1.165) is 44.8 Å². The molecule has 0 spiro atoms. The zero-order valence-corrected chi connectivity index (χ0v) is 26.8. The average Bonchev–Trinajstić information content (AvgIpc) is 3.78. The molecule has 3 nitrogen and oxygen atoms in total. The van der Waals surface area contributed by atoms with Crippen LogP contribution in [0.5, 0.6) is 0 Å². The van der Waals surface area contributed by atoms with Crippen LogP contribution in [0.3, 0.4) is 0 Å². The Balaban J connectivity index is 1.28. The van der Waals surface area contributed by atoms with Gasteiger partial charge in [-0.05, 0) is 82.4 Å². The van der Waals surface area contributed by atoms with E-state index >= 15 is 0 Å². The summed E-state index contributed by atoms with van der Waals surface area (Å²) in [7, 11) is 0. The second-order valence-corrected chi connectivity index (χ2v) is 12.8. The van der Waals surface area contributed by atoms with E-state index < -0.39 is 0 Å². The first-order valence-electron chi connectivity index (χ1n) is 16.1.